The van der Waals surface area contributed by atoms with Crippen molar-refractivity contribution in [1.29, 1.82) is 0 Å². The van der Waals surface area contributed by atoms with Gasteiger partial charge in [-0.1, -0.05) is 42.5 Å². The van der Waals surface area contributed by atoms with Gasteiger partial charge in [-0.3, -0.25) is 4.79 Å². The van der Waals surface area contributed by atoms with E-state index in [1.54, 1.807) is 36.4 Å². The van der Waals surface area contributed by atoms with Gasteiger partial charge in [0.05, 0.1) is 22.5 Å². The first-order valence-electron chi connectivity index (χ1n) is 11.0. The normalized spacial score (nSPS) is 34.8. The fourth-order valence-electron chi connectivity index (χ4n) is 5.74. The lowest BCUT2D eigenvalue weighted by atomic mass is 9.76. The van der Waals surface area contributed by atoms with Gasteiger partial charge in [0, 0.05) is 12.7 Å². The van der Waals surface area contributed by atoms with Crippen LogP contribution in [0.2, 0.25) is 0 Å². The van der Waals surface area contributed by atoms with Gasteiger partial charge in [0.15, 0.2) is 11.7 Å². The standard InChI is InChI=1S/C26H29NO5/c1-24(2)17-14-18(17)25(3,32-24)13-12-15-10-11-19-20(21(15)28)26(30,16-8-6-5-7-9-16)22(31-4)23(29)27-19/h5-13,17-18,22,28,30H,14H2,1-4H3,(H,27,29)/b13-12+/t17-,18+,22+,25+,26-/m0/s1. The quantitative estimate of drug-likeness (QED) is 0.680. The number of carbonyl (C=O) groups excluding carboxylic acids is 1. The number of aromatic hydroxyl groups is 1. The van der Waals surface area contributed by atoms with E-state index < -0.39 is 23.2 Å². The van der Waals surface area contributed by atoms with E-state index in [1.807, 2.05) is 18.2 Å². The predicted molar refractivity (Wildman–Crippen MR) is 121 cm³/mol. The van der Waals surface area contributed by atoms with E-state index in [9.17, 15) is 15.0 Å². The number of anilines is 1. The average molecular weight is 436 g/mol. The first kappa shape index (κ1) is 21.2. The molecule has 0 bridgehead atoms. The van der Waals surface area contributed by atoms with E-state index in [0.717, 1.165) is 6.42 Å². The molecule has 5 rings (SSSR count). The van der Waals surface area contributed by atoms with Crippen LogP contribution in [0.1, 0.15) is 43.9 Å². The molecule has 2 heterocycles. The number of phenolic OH excluding ortho intramolecular Hbond substituents is 1. The van der Waals surface area contributed by atoms with Crippen LogP contribution in [0, 0.1) is 11.8 Å². The summed E-state index contributed by atoms with van der Waals surface area (Å²) >= 11 is 0. The molecule has 2 aromatic carbocycles. The Morgan fingerprint density at radius 1 is 1.12 bits per heavy atom. The van der Waals surface area contributed by atoms with E-state index >= 15 is 0 Å². The lowest BCUT2D eigenvalue weighted by Gasteiger charge is -2.40. The number of fused-ring (bicyclic) bond motifs is 2. The van der Waals surface area contributed by atoms with Crippen LogP contribution in [-0.4, -0.2) is 40.5 Å². The van der Waals surface area contributed by atoms with Crippen molar-refractivity contribution < 1.29 is 24.5 Å². The summed E-state index contributed by atoms with van der Waals surface area (Å²) in [6.07, 6.45) is 3.77. The van der Waals surface area contributed by atoms with Crippen LogP contribution in [0.5, 0.6) is 5.75 Å². The lowest BCUT2D eigenvalue weighted by Crippen LogP contribution is -2.52. The van der Waals surface area contributed by atoms with Crippen LogP contribution < -0.4 is 5.32 Å². The minimum Gasteiger partial charge on any atom is -0.507 e. The van der Waals surface area contributed by atoms with Crippen LogP contribution >= 0.6 is 0 Å². The van der Waals surface area contributed by atoms with E-state index in [-0.39, 0.29) is 16.9 Å². The van der Waals surface area contributed by atoms with E-state index in [0.29, 0.717) is 28.7 Å². The molecule has 2 fully saturated rings. The molecular weight excluding hydrogens is 406 g/mol. The molecule has 2 aliphatic heterocycles. The molecule has 1 amide bonds. The highest BCUT2D eigenvalue weighted by Gasteiger charge is 2.64. The van der Waals surface area contributed by atoms with Gasteiger partial charge >= 0.3 is 0 Å². The number of nitrogens with one attached hydrogen (secondary N) is 1. The van der Waals surface area contributed by atoms with Crippen molar-refractivity contribution in [1.82, 2.24) is 0 Å². The summed E-state index contributed by atoms with van der Waals surface area (Å²) in [5.74, 6) is 0.449. The van der Waals surface area contributed by atoms with Crippen molar-refractivity contribution in [2.75, 3.05) is 12.4 Å². The largest absolute Gasteiger partial charge is 0.507 e. The molecule has 3 aliphatic rings. The van der Waals surface area contributed by atoms with Crippen LogP contribution in [0.4, 0.5) is 5.69 Å². The number of hydrogen-bond acceptors (Lipinski definition) is 5. The zero-order valence-corrected chi connectivity index (χ0v) is 18.8. The topological polar surface area (TPSA) is 88.0 Å². The average Bonchev–Trinajstić information content (AvgIpc) is 3.53. The van der Waals surface area contributed by atoms with Gasteiger partial charge in [-0.15, -0.1) is 0 Å². The number of amides is 1. The Morgan fingerprint density at radius 3 is 2.44 bits per heavy atom. The number of rotatable bonds is 4. The Hall–Kier alpha value is -2.67. The second-order valence-corrected chi connectivity index (χ2v) is 9.83. The second kappa shape index (κ2) is 6.91. The van der Waals surface area contributed by atoms with Gasteiger partial charge in [-0.2, -0.15) is 0 Å². The smallest absolute Gasteiger partial charge is 0.257 e. The molecule has 1 saturated heterocycles. The molecule has 0 unspecified atom stereocenters. The number of benzene rings is 2. The van der Waals surface area contributed by atoms with Gasteiger partial charge in [0.25, 0.3) is 5.91 Å². The second-order valence-electron chi connectivity index (χ2n) is 9.83. The highest BCUT2D eigenvalue weighted by atomic mass is 16.5. The molecule has 6 nitrogen and oxygen atoms in total. The summed E-state index contributed by atoms with van der Waals surface area (Å²) in [4.78, 5) is 12.7. The van der Waals surface area contributed by atoms with Crippen LogP contribution in [0.25, 0.3) is 6.08 Å². The van der Waals surface area contributed by atoms with Gasteiger partial charge in [0.2, 0.25) is 0 Å². The number of aliphatic hydroxyl groups is 1. The summed E-state index contributed by atoms with van der Waals surface area (Å²) in [6.45, 7) is 6.33. The molecule has 5 atom stereocenters. The highest BCUT2D eigenvalue weighted by Crippen LogP contribution is 2.62. The summed E-state index contributed by atoms with van der Waals surface area (Å²) in [6, 6.07) is 12.3. The molecule has 1 aliphatic carbocycles. The summed E-state index contributed by atoms with van der Waals surface area (Å²) in [5, 5.41) is 25.9. The Labute approximate surface area is 187 Å². The first-order valence-corrected chi connectivity index (χ1v) is 11.0. The Kier molecular flexibility index (Phi) is 4.58. The van der Waals surface area contributed by atoms with Crippen molar-refractivity contribution in [2.24, 2.45) is 11.8 Å². The van der Waals surface area contributed by atoms with Crippen molar-refractivity contribution in [3.05, 3.63) is 65.2 Å². The third kappa shape index (κ3) is 2.94. The third-order valence-corrected chi connectivity index (χ3v) is 7.41. The maximum Gasteiger partial charge on any atom is 0.257 e. The minimum absolute atomic E-state index is 0.0969. The van der Waals surface area contributed by atoms with Gasteiger partial charge in [0.1, 0.15) is 5.75 Å². The van der Waals surface area contributed by atoms with E-state index in [1.165, 1.54) is 7.11 Å². The van der Waals surface area contributed by atoms with Crippen molar-refractivity contribution >= 4 is 17.7 Å². The summed E-state index contributed by atoms with van der Waals surface area (Å²) < 4.78 is 11.8. The number of phenols is 1. The number of hydrogen-bond donors (Lipinski definition) is 3. The summed E-state index contributed by atoms with van der Waals surface area (Å²) in [5.41, 5.74) is -0.834. The number of ether oxygens (including phenoxy) is 2. The zero-order valence-electron chi connectivity index (χ0n) is 18.8. The molecule has 32 heavy (non-hydrogen) atoms. The SMILES string of the molecule is CO[C@@H]1C(=O)Nc2ccc(/C=C/[C@@]3(C)OC(C)(C)[C@H]4C[C@H]43)c(O)c2[C@@]1(O)c1ccccc1. The van der Waals surface area contributed by atoms with Crippen LogP contribution in [0.15, 0.2) is 48.5 Å². The zero-order chi connectivity index (χ0) is 22.9. The maximum atomic E-state index is 12.7. The lowest BCUT2D eigenvalue weighted by molar-refractivity contribution is -0.142. The third-order valence-electron chi connectivity index (χ3n) is 7.41. The summed E-state index contributed by atoms with van der Waals surface area (Å²) in [7, 11) is 1.37. The van der Waals surface area contributed by atoms with E-state index in [4.69, 9.17) is 9.47 Å². The Balaban J connectivity index is 1.60. The van der Waals surface area contributed by atoms with Crippen LogP contribution in [0.3, 0.4) is 0 Å². The minimum atomic E-state index is -1.85. The van der Waals surface area contributed by atoms with Crippen LogP contribution in [-0.2, 0) is 19.9 Å². The molecule has 0 spiro atoms. The highest BCUT2D eigenvalue weighted by molar-refractivity contribution is 6.00. The van der Waals surface area contributed by atoms with Crippen molar-refractivity contribution in [3.8, 4) is 5.75 Å². The molecular formula is C26H29NO5. The first-order chi connectivity index (χ1) is 15.1. The fourth-order valence-corrected chi connectivity index (χ4v) is 5.74. The molecule has 3 N–H and O–H groups in total. The molecule has 1 saturated carbocycles. The van der Waals surface area contributed by atoms with Crippen molar-refractivity contribution in [2.45, 2.75) is 50.1 Å². The molecule has 0 aromatic heterocycles. The fraction of sp³-hybridized carbons (Fsp3) is 0.423. The number of methoxy groups -OCH3 is 1. The molecule has 2 aromatic rings. The predicted octanol–water partition coefficient (Wildman–Crippen LogP) is 3.81. The van der Waals surface area contributed by atoms with E-state index in [2.05, 4.69) is 26.1 Å². The van der Waals surface area contributed by atoms with Gasteiger partial charge in [-0.05, 0) is 56.7 Å². The van der Waals surface area contributed by atoms with Gasteiger partial charge < -0.3 is 25.0 Å². The molecule has 0 radical (unpaired) electrons. The van der Waals surface area contributed by atoms with Crippen molar-refractivity contribution in [3.63, 3.8) is 0 Å². The maximum absolute atomic E-state index is 12.7. The monoisotopic (exact) mass is 435 g/mol. The molecule has 6 heteroatoms. The number of carbonyl (C=O) groups is 1. The Morgan fingerprint density at radius 2 is 1.84 bits per heavy atom. The molecule has 168 valence electrons. The Bertz CT molecular complexity index is 1110. The van der Waals surface area contributed by atoms with Gasteiger partial charge in [-0.25, -0.2) is 0 Å².